The first-order valence-corrected chi connectivity index (χ1v) is 12.2. The van der Waals surface area contributed by atoms with E-state index in [4.69, 9.17) is 0 Å². The average Bonchev–Trinajstić information content (AvgIpc) is 3.36. The van der Waals surface area contributed by atoms with E-state index in [9.17, 15) is 13.2 Å². The van der Waals surface area contributed by atoms with Gasteiger partial charge in [0, 0.05) is 10.2 Å². The summed E-state index contributed by atoms with van der Waals surface area (Å²) in [5.41, 5.74) is 2.78. The molecule has 3 heterocycles. The van der Waals surface area contributed by atoms with Crippen LogP contribution >= 0.6 is 27.3 Å². The van der Waals surface area contributed by atoms with Gasteiger partial charge in [-0.05, 0) is 48.6 Å². The Morgan fingerprint density at radius 3 is 2.79 bits per heavy atom. The summed E-state index contributed by atoms with van der Waals surface area (Å²) < 4.78 is 26.5. The Labute approximate surface area is 175 Å². The second kappa shape index (κ2) is 7.46. The number of thiophene rings is 1. The smallest absolute Gasteiger partial charge is 0.276 e. The largest absolute Gasteiger partial charge is 0.321 e. The van der Waals surface area contributed by atoms with E-state index in [-0.39, 0.29) is 29.1 Å². The number of carbonyl (C=O) groups is 1. The summed E-state index contributed by atoms with van der Waals surface area (Å²) in [6.45, 7) is 1.97. The van der Waals surface area contributed by atoms with E-state index in [0.29, 0.717) is 12.1 Å². The highest BCUT2D eigenvalue weighted by molar-refractivity contribution is 9.10. The fourth-order valence-electron chi connectivity index (χ4n) is 3.23. The van der Waals surface area contributed by atoms with Gasteiger partial charge in [-0.15, -0.1) is 11.3 Å². The Morgan fingerprint density at radius 1 is 1.32 bits per heavy atom. The normalized spacial score (nSPS) is 18.3. The Bertz CT molecular complexity index is 1140. The van der Waals surface area contributed by atoms with Crippen LogP contribution in [0.4, 0.5) is 5.69 Å². The van der Waals surface area contributed by atoms with Gasteiger partial charge in [0.25, 0.3) is 5.91 Å². The molecular weight excluding hydrogens is 462 g/mol. The maximum Gasteiger partial charge on any atom is 0.276 e. The van der Waals surface area contributed by atoms with Crippen molar-refractivity contribution < 1.29 is 13.2 Å². The molecule has 9 heteroatoms. The lowest BCUT2D eigenvalue weighted by Crippen LogP contribution is -2.16. The van der Waals surface area contributed by atoms with Crippen molar-refractivity contribution in [1.82, 2.24) is 9.78 Å². The Balaban J connectivity index is 1.67. The Hall–Kier alpha value is -1.97. The van der Waals surface area contributed by atoms with Crippen molar-refractivity contribution >= 4 is 48.7 Å². The first kappa shape index (κ1) is 19.4. The first-order chi connectivity index (χ1) is 13.3. The number of aromatic nitrogens is 2. The molecule has 1 aliphatic heterocycles. The van der Waals surface area contributed by atoms with Crippen LogP contribution in [0.5, 0.6) is 0 Å². The number of rotatable bonds is 4. The molecule has 1 fully saturated rings. The number of carbonyl (C=O) groups excluding carboxylic acids is 1. The number of hydrogen-bond acceptors (Lipinski definition) is 5. The lowest BCUT2D eigenvalue weighted by Gasteiger charge is -2.12. The predicted octanol–water partition coefficient (Wildman–Crippen LogP) is 4.29. The van der Waals surface area contributed by atoms with Crippen molar-refractivity contribution in [3.63, 3.8) is 0 Å². The van der Waals surface area contributed by atoms with Crippen LogP contribution in [0.15, 0.2) is 46.3 Å². The summed E-state index contributed by atoms with van der Waals surface area (Å²) in [6.07, 6.45) is 0.508. The maximum atomic E-state index is 12.8. The number of benzene rings is 1. The van der Waals surface area contributed by atoms with Crippen molar-refractivity contribution in [2.45, 2.75) is 19.4 Å². The van der Waals surface area contributed by atoms with Crippen molar-refractivity contribution in [2.24, 2.45) is 0 Å². The van der Waals surface area contributed by atoms with Crippen molar-refractivity contribution in [2.75, 3.05) is 16.8 Å². The third-order valence-electron chi connectivity index (χ3n) is 4.73. The van der Waals surface area contributed by atoms with Gasteiger partial charge >= 0.3 is 0 Å². The molecule has 6 nitrogen and oxygen atoms in total. The summed E-state index contributed by atoms with van der Waals surface area (Å²) in [6, 6.07) is 10.9. The summed E-state index contributed by atoms with van der Waals surface area (Å²) in [4.78, 5) is 13.7. The van der Waals surface area contributed by atoms with Crippen LogP contribution in [-0.2, 0) is 9.84 Å². The van der Waals surface area contributed by atoms with Gasteiger partial charge in [0.1, 0.15) is 0 Å². The quantitative estimate of drug-likeness (QED) is 0.604. The lowest BCUT2D eigenvalue weighted by molar-refractivity contribution is 0.102. The molecule has 0 bridgehead atoms. The zero-order valence-corrected chi connectivity index (χ0v) is 18.3. The molecule has 0 radical (unpaired) electrons. The minimum Gasteiger partial charge on any atom is -0.321 e. The zero-order valence-electron chi connectivity index (χ0n) is 15.1. The van der Waals surface area contributed by atoms with E-state index in [2.05, 4.69) is 26.3 Å². The molecule has 1 aliphatic rings. The number of amides is 1. The van der Waals surface area contributed by atoms with Gasteiger partial charge in [0.05, 0.1) is 28.1 Å². The van der Waals surface area contributed by atoms with Gasteiger partial charge in [-0.25, -0.2) is 8.42 Å². The number of halogens is 1. The van der Waals surface area contributed by atoms with Crippen LogP contribution in [-0.4, -0.2) is 35.6 Å². The van der Waals surface area contributed by atoms with Crippen molar-refractivity contribution in [3.8, 4) is 10.6 Å². The highest BCUT2D eigenvalue weighted by atomic mass is 79.9. The number of aryl methyl sites for hydroxylation is 1. The molecule has 0 spiro atoms. The van der Waals surface area contributed by atoms with Gasteiger partial charge in [-0.3, -0.25) is 9.48 Å². The number of nitrogens with one attached hydrogen (secondary N) is 1. The van der Waals surface area contributed by atoms with Gasteiger partial charge in [-0.2, -0.15) is 5.10 Å². The van der Waals surface area contributed by atoms with E-state index >= 15 is 0 Å². The van der Waals surface area contributed by atoms with E-state index in [1.807, 2.05) is 42.6 Å². The molecule has 0 saturated carbocycles. The summed E-state index contributed by atoms with van der Waals surface area (Å²) in [5, 5.41) is 9.29. The van der Waals surface area contributed by atoms with Crippen LogP contribution < -0.4 is 5.32 Å². The zero-order chi connectivity index (χ0) is 19.9. The van der Waals surface area contributed by atoms with Crippen LogP contribution in [0.1, 0.15) is 28.5 Å². The SMILES string of the molecule is Cc1ccc(NC(=O)c2cc(-c3cccs3)n([C@@H]3CCS(=O)(=O)C3)n2)cc1Br. The third-order valence-corrected chi connectivity index (χ3v) is 8.22. The molecule has 4 rings (SSSR count). The Kier molecular flexibility index (Phi) is 5.15. The fraction of sp³-hybridized carbons (Fsp3) is 0.263. The number of hydrogen-bond donors (Lipinski definition) is 1. The molecule has 1 atom stereocenters. The lowest BCUT2D eigenvalue weighted by atomic mass is 10.2. The van der Waals surface area contributed by atoms with Crippen LogP contribution in [0.25, 0.3) is 10.6 Å². The van der Waals surface area contributed by atoms with Gasteiger partial charge in [0.15, 0.2) is 15.5 Å². The van der Waals surface area contributed by atoms with Gasteiger partial charge in [-0.1, -0.05) is 28.1 Å². The topological polar surface area (TPSA) is 81.1 Å². The average molecular weight is 480 g/mol. The fourth-order valence-corrected chi connectivity index (χ4v) is 6.03. The van der Waals surface area contributed by atoms with Crippen LogP contribution in [0.2, 0.25) is 0 Å². The molecule has 0 unspecified atom stereocenters. The maximum absolute atomic E-state index is 12.8. The molecular formula is C19H18BrN3O3S2. The molecule has 1 amide bonds. The molecule has 1 N–H and O–H groups in total. The minimum atomic E-state index is -3.06. The van der Waals surface area contributed by atoms with Gasteiger partial charge in [0.2, 0.25) is 0 Å². The van der Waals surface area contributed by atoms with E-state index in [1.165, 1.54) is 11.3 Å². The van der Waals surface area contributed by atoms with Crippen molar-refractivity contribution in [3.05, 3.63) is 57.5 Å². The van der Waals surface area contributed by atoms with E-state index < -0.39 is 9.84 Å². The number of anilines is 1. The predicted molar refractivity (Wildman–Crippen MR) is 115 cm³/mol. The van der Waals surface area contributed by atoms with Crippen LogP contribution in [0, 0.1) is 6.92 Å². The molecule has 1 saturated heterocycles. The molecule has 1 aromatic carbocycles. The monoisotopic (exact) mass is 479 g/mol. The first-order valence-electron chi connectivity index (χ1n) is 8.74. The summed E-state index contributed by atoms with van der Waals surface area (Å²) in [7, 11) is -3.06. The Morgan fingerprint density at radius 2 is 2.14 bits per heavy atom. The summed E-state index contributed by atoms with van der Waals surface area (Å²) in [5.74, 6) is -0.118. The second-order valence-corrected chi connectivity index (χ2v) is 10.8. The number of sulfone groups is 1. The molecule has 0 aliphatic carbocycles. The second-order valence-electron chi connectivity index (χ2n) is 6.81. The molecule has 28 heavy (non-hydrogen) atoms. The highest BCUT2D eigenvalue weighted by Gasteiger charge is 2.32. The summed E-state index contributed by atoms with van der Waals surface area (Å²) >= 11 is 5.00. The standard InChI is InChI=1S/C19H18BrN3O3S2/c1-12-4-5-13(9-15(12)20)21-19(24)16-10-17(18-3-2-7-27-18)23(22-16)14-6-8-28(25,26)11-14/h2-5,7,9-10,14H,6,8,11H2,1H3,(H,21,24)/t14-/m1/s1. The minimum absolute atomic E-state index is 0.0546. The van der Waals surface area contributed by atoms with E-state index in [0.717, 1.165) is 20.6 Å². The molecule has 146 valence electrons. The van der Waals surface area contributed by atoms with E-state index in [1.54, 1.807) is 10.7 Å². The molecule has 2 aromatic heterocycles. The highest BCUT2D eigenvalue weighted by Crippen LogP contribution is 2.32. The van der Waals surface area contributed by atoms with Crippen molar-refractivity contribution in [1.29, 1.82) is 0 Å². The van der Waals surface area contributed by atoms with Crippen LogP contribution in [0.3, 0.4) is 0 Å². The molecule has 3 aromatic rings. The number of nitrogens with zero attached hydrogens (tertiary/aromatic N) is 2. The van der Waals surface area contributed by atoms with Gasteiger partial charge < -0.3 is 5.32 Å². The third kappa shape index (κ3) is 3.92.